The minimum atomic E-state index is -2.45. The molecular weight excluding hydrogens is 370 g/mol. The zero-order valence-corrected chi connectivity index (χ0v) is 14.1. The molecule has 0 aliphatic rings. The first-order valence-corrected chi connectivity index (χ1v) is 8.21. The Kier molecular flexibility index (Phi) is 5.70. The Labute approximate surface area is 139 Å². The number of para-hydroxylation sites is 1. The number of hydrogen-bond acceptors (Lipinski definition) is 4. The lowest BCUT2D eigenvalue weighted by atomic mass is 10.1. The minimum Gasteiger partial charge on any atom is -0.755 e. The van der Waals surface area contributed by atoms with Crippen LogP contribution in [0.4, 0.5) is 5.69 Å². The number of halogens is 1. The molecule has 0 radical (unpaired) electrons. The third kappa shape index (κ3) is 4.40. The smallest absolute Gasteiger partial charge is 0.159 e. The molecule has 0 aliphatic heterocycles. The van der Waals surface area contributed by atoms with Gasteiger partial charge in [-0.15, -0.1) is 0 Å². The highest BCUT2D eigenvalue weighted by molar-refractivity contribution is 9.10. The predicted octanol–water partition coefficient (Wildman–Crippen LogP) is 3.44. The third-order valence-corrected chi connectivity index (χ3v) is 3.97. The Bertz CT molecular complexity index is 720. The van der Waals surface area contributed by atoms with Crippen LogP contribution in [0.3, 0.4) is 0 Å². The topological polar surface area (TPSA) is 78.5 Å². The maximum atomic E-state index is 11.5. The molecule has 0 bridgehead atoms. The highest BCUT2D eigenvalue weighted by Crippen LogP contribution is 2.26. The van der Waals surface area contributed by atoms with E-state index in [1.54, 1.807) is 24.3 Å². The van der Waals surface area contributed by atoms with Gasteiger partial charge in [0.15, 0.2) is 5.78 Å². The maximum Gasteiger partial charge on any atom is 0.159 e. The fourth-order valence-electron chi connectivity index (χ4n) is 1.84. The summed E-state index contributed by atoms with van der Waals surface area (Å²) in [6.07, 6.45) is 0. The van der Waals surface area contributed by atoms with Gasteiger partial charge in [0.25, 0.3) is 0 Å². The summed E-state index contributed by atoms with van der Waals surface area (Å²) in [5, 5.41) is 0. The second kappa shape index (κ2) is 7.53. The fourth-order valence-corrected chi connectivity index (χ4v) is 2.62. The maximum absolute atomic E-state index is 11.5. The van der Waals surface area contributed by atoms with Gasteiger partial charge in [0.1, 0.15) is 12.4 Å². The van der Waals surface area contributed by atoms with Crippen LogP contribution >= 0.6 is 15.9 Å². The summed E-state index contributed by atoms with van der Waals surface area (Å²) in [5.41, 5.74) is 1.45. The molecule has 1 atom stereocenters. The number of carbonyl (C=O) groups is 1. The van der Waals surface area contributed by atoms with E-state index < -0.39 is 11.3 Å². The van der Waals surface area contributed by atoms with E-state index in [-0.39, 0.29) is 12.4 Å². The van der Waals surface area contributed by atoms with Crippen LogP contribution in [0, 0.1) is 0 Å². The fraction of sp³-hybridized carbons (Fsp3) is 0.133. The summed E-state index contributed by atoms with van der Waals surface area (Å²) < 4.78 is 30.5. The van der Waals surface area contributed by atoms with Crippen molar-refractivity contribution in [1.82, 2.24) is 0 Å². The molecule has 2 rings (SSSR count). The Balaban J connectivity index is 2.26. The van der Waals surface area contributed by atoms with Gasteiger partial charge in [-0.05, 0) is 53.2 Å². The van der Waals surface area contributed by atoms with Gasteiger partial charge in [-0.3, -0.25) is 9.00 Å². The molecule has 7 heteroatoms. The number of benzene rings is 2. The molecule has 1 unspecified atom stereocenters. The SMILES string of the molecule is CC(=O)c1ccc(NS(=O)[O-])c(COc2ccccc2Br)c1. The van der Waals surface area contributed by atoms with Crippen LogP contribution in [0.25, 0.3) is 0 Å². The Hall–Kier alpha value is -1.70. The van der Waals surface area contributed by atoms with E-state index in [1.807, 2.05) is 18.2 Å². The summed E-state index contributed by atoms with van der Waals surface area (Å²) in [7, 11) is 0. The first-order valence-electron chi connectivity index (χ1n) is 6.34. The van der Waals surface area contributed by atoms with E-state index in [0.29, 0.717) is 22.6 Å². The first-order chi connectivity index (χ1) is 10.5. The predicted molar refractivity (Wildman–Crippen MR) is 87.5 cm³/mol. The molecule has 22 heavy (non-hydrogen) atoms. The highest BCUT2D eigenvalue weighted by Gasteiger charge is 2.09. The molecule has 0 fully saturated rings. The zero-order valence-electron chi connectivity index (χ0n) is 11.7. The Morgan fingerprint density at radius 3 is 2.68 bits per heavy atom. The average molecular weight is 383 g/mol. The molecule has 116 valence electrons. The number of anilines is 1. The molecule has 2 aromatic carbocycles. The normalized spacial score (nSPS) is 11.8. The van der Waals surface area contributed by atoms with Crippen molar-refractivity contribution < 1.29 is 18.3 Å². The van der Waals surface area contributed by atoms with E-state index in [4.69, 9.17) is 4.74 Å². The van der Waals surface area contributed by atoms with E-state index in [1.165, 1.54) is 6.92 Å². The molecule has 0 aromatic heterocycles. The first kappa shape index (κ1) is 16.7. The lowest BCUT2D eigenvalue weighted by Crippen LogP contribution is -2.08. The van der Waals surface area contributed by atoms with Crippen molar-refractivity contribution in [3.8, 4) is 5.75 Å². The van der Waals surface area contributed by atoms with Crippen molar-refractivity contribution in [2.24, 2.45) is 0 Å². The van der Waals surface area contributed by atoms with E-state index >= 15 is 0 Å². The van der Waals surface area contributed by atoms with Crippen molar-refractivity contribution in [3.05, 3.63) is 58.1 Å². The number of rotatable bonds is 6. The van der Waals surface area contributed by atoms with Gasteiger partial charge in [0.2, 0.25) is 0 Å². The largest absolute Gasteiger partial charge is 0.755 e. The average Bonchev–Trinajstić information content (AvgIpc) is 2.47. The molecular formula is C15H13BrNO4S-. The number of carbonyl (C=O) groups excluding carboxylic acids is 1. The van der Waals surface area contributed by atoms with Crippen LogP contribution in [0.2, 0.25) is 0 Å². The van der Waals surface area contributed by atoms with E-state index in [2.05, 4.69) is 20.7 Å². The Morgan fingerprint density at radius 2 is 2.05 bits per heavy atom. The van der Waals surface area contributed by atoms with Crippen LogP contribution in [0.1, 0.15) is 22.8 Å². The van der Waals surface area contributed by atoms with Crippen LogP contribution in [-0.4, -0.2) is 14.5 Å². The second-order valence-corrected chi connectivity index (χ2v) is 6.01. The second-order valence-electron chi connectivity index (χ2n) is 4.48. The summed E-state index contributed by atoms with van der Waals surface area (Å²) in [5.74, 6) is 0.530. The van der Waals surface area contributed by atoms with Gasteiger partial charge >= 0.3 is 0 Å². The van der Waals surface area contributed by atoms with Crippen molar-refractivity contribution >= 4 is 38.7 Å². The quantitative estimate of drug-likeness (QED) is 0.612. The molecule has 0 spiro atoms. The van der Waals surface area contributed by atoms with E-state index in [0.717, 1.165) is 4.47 Å². The number of hydrogen-bond donors (Lipinski definition) is 1. The molecule has 5 nitrogen and oxygen atoms in total. The van der Waals surface area contributed by atoms with Crippen molar-refractivity contribution in [2.45, 2.75) is 13.5 Å². The van der Waals surface area contributed by atoms with Gasteiger partial charge in [-0.2, -0.15) is 0 Å². The molecule has 0 saturated carbocycles. The van der Waals surface area contributed by atoms with Crippen LogP contribution in [0.15, 0.2) is 46.9 Å². The van der Waals surface area contributed by atoms with Crippen molar-refractivity contribution in [3.63, 3.8) is 0 Å². The molecule has 1 N–H and O–H groups in total. The van der Waals surface area contributed by atoms with Crippen molar-refractivity contribution in [1.29, 1.82) is 0 Å². The summed E-state index contributed by atoms with van der Waals surface area (Å²) >= 11 is 0.927. The molecule has 2 aromatic rings. The molecule has 0 heterocycles. The van der Waals surface area contributed by atoms with Crippen LogP contribution < -0.4 is 9.46 Å². The summed E-state index contributed by atoms with van der Waals surface area (Å²) in [4.78, 5) is 11.5. The van der Waals surface area contributed by atoms with E-state index in [9.17, 15) is 13.6 Å². The number of Topliss-reactive ketones (excluding diaryl/α,β-unsaturated/α-hetero) is 1. The van der Waals surface area contributed by atoms with Crippen LogP contribution in [0.5, 0.6) is 5.75 Å². The molecule has 0 amide bonds. The molecule has 0 saturated heterocycles. The lowest BCUT2D eigenvalue weighted by Gasteiger charge is -2.15. The highest BCUT2D eigenvalue weighted by atomic mass is 79.9. The standard InChI is InChI=1S/C15H14BrNO4S/c1-10(18)11-6-7-14(17-22(19)20)12(8-11)9-21-15-5-3-2-4-13(15)16/h2-8,17H,9H2,1H3,(H,19,20)/p-1. The van der Waals surface area contributed by atoms with Gasteiger partial charge in [-0.1, -0.05) is 12.1 Å². The van der Waals surface area contributed by atoms with Gasteiger partial charge < -0.3 is 14.0 Å². The zero-order chi connectivity index (χ0) is 16.1. The lowest BCUT2D eigenvalue weighted by molar-refractivity contribution is 0.101. The van der Waals surface area contributed by atoms with Crippen LogP contribution in [-0.2, 0) is 17.9 Å². The number of nitrogens with one attached hydrogen (secondary N) is 1. The number of ketones is 1. The summed E-state index contributed by atoms with van der Waals surface area (Å²) in [6, 6.07) is 12.1. The minimum absolute atomic E-state index is 0.100. The number of ether oxygens (including phenoxy) is 1. The van der Waals surface area contributed by atoms with Gasteiger partial charge in [-0.25, -0.2) is 0 Å². The Morgan fingerprint density at radius 1 is 1.32 bits per heavy atom. The molecule has 0 aliphatic carbocycles. The van der Waals surface area contributed by atoms with Gasteiger partial charge in [0, 0.05) is 22.4 Å². The van der Waals surface area contributed by atoms with Crippen molar-refractivity contribution in [2.75, 3.05) is 4.72 Å². The van der Waals surface area contributed by atoms with Gasteiger partial charge in [0.05, 0.1) is 10.2 Å². The third-order valence-electron chi connectivity index (χ3n) is 2.92. The monoisotopic (exact) mass is 382 g/mol. The summed E-state index contributed by atoms with van der Waals surface area (Å²) in [6.45, 7) is 1.58.